The van der Waals surface area contributed by atoms with Gasteiger partial charge < -0.3 is 10.1 Å². The highest BCUT2D eigenvalue weighted by molar-refractivity contribution is 6.31. The van der Waals surface area contributed by atoms with E-state index in [-0.39, 0.29) is 24.8 Å². The van der Waals surface area contributed by atoms with E-state index in [0.29, 0.717) is 22.6 Å². The van der Waals surface area contributed by atoms with Gasteiger partial charge in [-0.15, -0.1) is 12.4 Å². The Morgan fingerprint density at radius 3 is 2.88 bits per heavy atom. The van der Waals surface area contributed by atoms with E-state index in [9.17, 15) is 9.18 Å². The van der Waals surface area contributed by atoms with Crippen LogP contribution in [-0.4, -0.2) is 12.7 Å². The zero-order chi connectivity index (χ0) is 11.7. The Morgan fingerprint density at radius 1 is 1.53 bits per heavy atom. The lowest BCUT2D eigenvalue weighted by Crippen LogP contribution is -2.36. The normalized spacial score (nSPS) is 19.0. The van der Waals surface area contributed by atoms with Crippen LogP contribution in [0, 0.1) is 12.7 Å². The molecule has 1 heterocycles. The molecule has 0 saturated carbocycles. The van der Waals surface area contributed by atoms with E-state index >= 15 is 0 Å². The van der Waals surface area contributed by atoms with Gasteiger partial charge in [-0.25, -0.2) is 9.18 Å². The minimum Gasteiger partial charge on any atom is -0.449 e. The van der Waals surface area contributed by atoms with Crippen LogP contribution < -0.4 is 5.32 Å². The van der Waals surface area contributed by atoms with Crippen molar-refractivity contribution in [3.05, 3.63) is 34.1 Å². The average molecular weight is 280 g/mol. The number of alkyl carbamates (subject to hydrolysis) is 1. The number of amides is 1. The fourth-order valence-electron chi connectivity index (χ4n) is 1.74. The van der Waals surface area contributed by atoms with Crippen molar-refractivity contribution in [3.8, 4) is 0 Å². The summed E-state index contributed by atoms with van der Waals surface area (Å²) in [5.74, 6) is -0.361. The molecule has 94 valence electrons. The summed E-state index contributed by atoms with van der Waals surface area (Å²) in [6.45, 7) is 1.94. The molecule has 0 bridgehead atoms. The van der Waals surface area contributed by atoms with Crippen molar-refractivity contribution in [2.75, 3.05) is 6.61 Å². The molecule has 1 saturated heterocycles. The number of hydrogen-bond donors (Lipinski definition) is 1. The van der Waals surface area contributed by atoms with Gasteiger partial charge >= 0.3 is 6.09 Å². The van der Waals surface area contributed by atoms with Gasteiger partial charge in [-0.05, 0) is 18.6 Å². The van der Waals surface area contributed by atoms with Crippen LogP contribution in [0.15, 0.2) is 12.1 Å². The van der Waals surface area contributed by atoms with Crippen molar-refractivity contribution in [1.82, 2.24) is 5.32 Å². The Morgan fingerprint density at radius 2 is 2.24 bits per heavy atom. The molecule has 0 spiro atoms. The van der Waals surface area contributed by atoms with Crippen molar-refractivity contribution in [1.29, 1.82) is 0 Å². The first-order valence-corrected chi connectivity index (χ1v) is 5.35. The van der Waals surface area contributed by atoms with E-state index in [2.05, 4.69) is 5.32 Å². The molecular formula is C11H12Cl2FNO2. The van der Waals surface area contributed by atoms with Crippen molar-refractivity contribution >= 4 is 30.1 Å². The largest absolute Gasteiger partial charge is 0.449 e. The smallest absolute Gasteiger partial charge is 0.407 e. The maximum Gasteiger partial charge on any atom is 0.407 e. The fourth-order valence-corrected chi connectivity index (χ4v) is 2.02. The van der Waals surface area contributed by atoms with Gasteiger partial charge in [0, 0.05) is 17.0 Å². The molecule has 3 nitrogen and oxygen atoms in total. The molecule has 1 amide bonds. The highest BCUT2D eigenvalue weighted by atomic mass is 35.5. The summed E-state index contributed by atoms with van der Waals surface area (Å²) in [7, 11) is 0. The third-order valence-corrected chi connectivity index (χ3v) is 2.93. The number of carbonyl (C=O) groups is 1. The van der Waals surface area contributed by atoms with Gasteiger partial charge in [0.25, 0.3) is 0 Å². The number of hydrogen-bond acceptors (Lipinski definition) is 2. The van der Waals surface area contributed by atoms with E-state index in [1.54, 1.807) is 19.1 Å². The Balaban J connectivity index is 0.00000144. The van der Waals surface area contributed by atoms with Crippen molar-refractivity contribution in [2.24, 2.45) is 0 Å². The summed E-state index contributed by atoms with van der Waals surface area (Å²) < 4.78 is 18.6. The maximum atomic E-state index is 13.9. The van der Waals surface area contributed by atoms with Crippen molar-refractivity contribution in [3.63, 3.8) is 0 Å². The summed E-state index contributed by atoms with van der Waals surface area (Å²) >= 11 is 5.95. The zero-order valence-corrected chi connectivity index (χ0v) is 10.7. The first-order chi connectivity index (χ1) is 7.59. The highest BCUT2D eigenvalue weighted by Gasteiger charge is 2.26. The minimum atomic E-state index is -0.534. The van der Waals surface area contributed by atoms with Gasteiger partial charge in [-0.1, -0.05) is 17.7 Å². The average Bonchev–Trinajstić information content (AvgIpc) is 2.24. The van der Waals surface area contributed by atoms with Crippen LogP contribution in [0.1, 0.15) is 23.6 Å². The second-order valence-corrected chi connectivity index (χ2v) is 4.12. The van der Waals surface area contributed by atoms with Gasteiger partial charge in [0.1, 0.15) is 5.82 Å². The van der Waals surface area contributed by atoms with Crippen LogP contribution in [0.5, 0.6) is 0 Å². The first kappa shape index (κ1) is 14.1. The third-order valence-electron chi connectivity index (χ3n) is 2.60. The van der Waals surface area contributed by atoms with Crippen LogP contribution in [0.4, 0.5) is 9.18 Å². The summed E-state index contributed by atoms with van der Waals surface area (Å²) in [4.78, 5) is 11.1. The van der Waals surface area contributed by atoms with E-state index in [4.69, 9.17) is 16.3 Å². The van der Waals surface area contributed by atoms with Gasteiger partial charge in [-0.3, -0.25) is 0 Å². The number of rotatable bonds is 1. The first-order valence-electron chi connectivity index (χ1n) is 4.97. The molecule has 1 N–H and O–H groups in total. The number of nitrogens with one attached hydrogen (secondary N) is 1. The quantitative estimate of drug-likeness (QED) is 0.856. The molecule has 0 aromatic heterocycles. The standard InChI is InChI=1S/C11H11ClFNO2.ClH/c1-6-2-3-7(12)9(10(6)13)8-4-5-16-11(15)14-8;/h2-3,8H,4-5H2,1H3,(H,14,15);1H/t8-;/m0./s1. The number of ether oxygens (including phenoxy) is 1. The fraction of sp³-hybridized carbons (Fsp3) is 0.364. The molecular weight excluding hydrogens is 268 g/mol. The van der Waals surface area contributed by atoms with Crippen LogP contribution >= 0.6 is 24.0 Å². The molecule has 6 heteroatoms. The van der Waals surface area contributed by atoms with Crippen molar-refractivity contribution < 1.29 is 13.9 Å². The van der Waals surface area contributed by atoms with Crippen molar-refractivity contribution in [2.45, 2.75) is 19.4 Å². The van der Waals surface area contributed by atoms with E-state index in [1.807, 2.05) is 0 Å². The van der Waals surface area contributed by atoms with E-state index in [0.717, 1.165) is 0 Å². The topological polar surface area (TPSA) is 38.3 Å². The summed E-state index contributed by atoms with van der Waals surface area (Å²) in [5, 5.41) is 2.88. The second kappa shape index (κ2) is 5.56. The lowest BCUT2D eigenvalue weighted by Gasteiger charge is -2.25. The molecule has 1 atom stereocenters. The summed E-state index contributed by atoms with van der Waals surface area (Å²) in [6.07, 6.45) is -0.0144. The predicted octanol–water partition coefficient (Wildman–Crippen LogP) is 3.38. The molecule has 0 radical (unpaired) electrons. The van der Waals surface area contributed by atoms with E-state index in [1.165, 1.54) is 0 Å². The maximum absolute atomic E-state index is 13.9. The molecule has 1 aliphatic heterocycles. The Bertz CT molecular complexity index is 440. The molecule has 17 heavy (non-hydrogen) atoms. The van der Waals surface area contributed by atoms with Gasteiger partial charge in [0.05, 0.1) is 12.6 Å². The van der Waals surface area contributed by atoms with Gasteiger partial charge in [-0.2, -0.15) is 0 Å². The Hall–Kier alpha value is -1.00. The van der Waals surface area contributed by atoms with Crippen LogP contribution in [-0.2, 0) is 4.74 Å². The van der Waals surface area contributed by atoms with Crippen LogP contribution in [0.3, 0.4) is 0 Å². The third kappa shape index (κ3) is 2.82. The SMILES string of the molecule is Cc1ccc(Cl)c([C@@H]2CCOC(=O)N2)c1F.Cl. The molecule has 2 rings (SSSR count). The summed E-state index contributed by atoms with van der Waals surface area (Å²) in [6, 6.07) is 2.84. The Kier molecular flexibility index (Phi) is 4.60. The number of halogens is 3. The van der Waals surface area contributed by atoms with Crippen LogP contribution in [0.2, 0.25) is 5.02 Å². The molecule has 0 unspecified atom stereocenters. The van der Waals surface area contributed by atoms with Gasteiger partial charge in [0.2, 0.25) is 0 Å². The zero-order valence-electron chi connectivity index (χ0n) is 9.13. The number of carbonyl (C=O) groups excluding carboxylic acids is 1. The lowest BCUT2D eigenvalue weighted by atomic mass is 10.0. The minimum absolute atomic E-state index is 0. The summed E-state index contributed by atoms with van der Waals surface area (Å²) in [5.41, 5.74) is 0.860. The molecule has 1 aromatic rings. The second-order valence-electron chi connectivity index (χ2n) is 3.71. The molecule has 1 aromatic carbocycles. The predicted molar refractivity (Wildman–Crippen MR) is 65.2 cm³/mol. The van der Waals surface area contributed by atoms with E-state index < -0.39 is 12.1 Å². The number of benzene rings is 1. The molecule has 1 fully saturated rings. The molecule has 0 aliphatic carbocycles. The molecule has 1 aliphatic rings. The lowest BCUT2D eigenvalue weighted by molar-refractivity contribution is 0.115. The number of aryl methyl sites for hydroxylation is 1. The monoisotopic (exact) mass is 279 g/mol. The Labute approximate surface area is 110 Å². The van der Waals surface area contributed by atoms with Crippen LogP contribution in [0.25, 0.3) is 0 Å². The van der Waals surface area contributed by atoms with Gasteiger partial charge in [0.15, 0.2) is 0 Å². The highest BCUT2D eigenvalue weighted by Crippen LogP contribution is 2.31. The number of cyclic esters (lactones) is 1.